The lowest BCUT2D eigenvalue weighted by atomic mass is 10.0. The van der Waals surface area contributed by atoms with E-state index in [9.17, 15) is 5.21 Å². The van der Waals surface area contributed by atoms with Gasteiger partial charge in [0.15, 0.2) is 0 Å². The van der Waals surface area contributed by atoms with Gasteiger partial charge < -0.3 is 15.2 Å². The average molecular weight is 254 g/mol. The molecular weight excluding hydrogens is 234 g/mol. The van der Waals surface area contributed by atoms with E-state index in [0.29, 0.717) is 17.3 Å². The van der Waals surface area contributed by atoms with Crippen LogP contribution in [0.15, 0.2) is 5.28 Å². The minimum Gasteiger partial charge on any atom is -0.569 e. The second-order valence-corrected chi connectivity index (χ2v) is 4.64. The quantitative estimate of drug-likeness (QED) is 0.325. The van der Waals surface area contributed by atoms with Crippen molar-refractivity contribution in [2.45, 2.75) is 38.8 Å². The van der Waals surface area contributed by atoms with Crippen LogP contribution in [0.5, 0.6) is 0 Å². The fourth-order valence-electron chi connectivity index (χ4n) is 1.19. The molecule has 0 aromatic heterocycles. The van der Waals surface area contributed by atoms with Crippen LogP contribution in [0.2, 0.25) is 0 Å². The second-order valence-electron chi connectivity index (χ2n) is 4.02. The van der Waals surface area contributed by atoms with E-state index in [4.69, 9.17) is 16.7 Å². The highest BCUT2D eigenvalue weighted by atomic mass is 35.5. The summed E-state index contributed by atoms with van der Waals surface area (Å²) in [5, 5.41) is 25.1. The van der Waals surface area contributed by atoms with Crippen LogP contribution in [0.4, 0.5) is 0 Å². The molecule has 0 saturated heterocycles. The lowest BCUT2D eigenvalue weighted by Crippen LogP contribution is -2.40. The number of likely N-dealkylation sites (N-methyl/N-ethyl adjacent to an activating group) is 1. The predicted octanol–water partition coefficient (Wildman–Crippen LogP) is 1.72. The van der Waals surface area contributed by atoms with E-state index in [0.717, 1.165) is 0 Å². The highest BCUT2D eigenvalue weighted by molar-refractivity contribution is 6.19. The van der Waals surface area contributed by atoms with Crippen molar-refractivity contribution in [1.29, 1.82) is 0 Å². The van der Waals surface area contributed by atoms with E-state index in [2.05, 4.69) is 10.1 Å². The molecule has 0 heterocycles. The Kier molecular flexibility index (Phi) is 7.16. The summed E-state index contributed by atoms with van der Waals surface area (Å²) in [6.07, 6.45) is 0.692. The van der Waals surface area contributed by atoms with Gasteiger partial charge in [0.2, 0.25) is 10.8 Å². The van der Waals surface area contributed by atoms with Gasteiger partial charge in [0.1, 0.15) is 6.04 Å². The van der Waals surface area contributed by atoms with Crippen molar-refractivity contribution >= 4 is 11.6 Å². The van der Waals surface area contributed by atoms with Gasteiger partial charge in [-0.25, -0.2) is 0 Å². The Morgan fingerprint density at radius 1 is 1.50 bits per heavy atom. The lowest BCUT2D eigenvalue weighted by Gasteiger charge is -2.23. The Morgan fingerprint density at radius 2 is 2.06 bits per heavy atom. The highest BCUT2D eigenvalue weighted by Gasteiger charge is 2.21. The molecule has 0 saturated carbocycles. The molecule has 0 aromatic carbocycles. The molecule has 1 unspecified atom stereocenters. The van der Waals surface area contributed by atoms with E-state index >= 15 is 0 Å². The first-order chi connectivity index (χ1) is 7.38. The molecule has 1 N–H and O–H groups in total. The smallest absolute Gasteiger partial charge is 0.234 e. The topological polar surface area (TPSA) is 71.1 Å². The summed E-state index contributed by atoms with van der Waals surface area (Å²) in [7, 11) is 1.54. The van der Waals surface area contributed by atoms with Crippen LogP contribution in [0.25, 0.3) is 0 Å². The van der Waals surface area contributed by atoms with E-state index in [-0.39, 0.29) is 12.6 Å². The van der Waals surface area contributed by atoms with Crippen molar-refractivity contribution in [3.63, 3.8) is 0 Å². The number of hydrogen-bond acceptors (Lipinski definition) is 4. The van der Waals surface area contributed by atoms with Gasteiger partial charge in [0, 0.05) is 0 Å². The van der Waals surface area contributed by atoms with Gasteiger partial charge in [-0.15, -0.1) is 5.01 Å². The van der Waals surface area contributed by atoms with Crippen LogP contribution in [-0.2, 0) is 4.84 Å². The first-order valence-corrected chi connectivity index (χ1v) is 5.63. The molecule has 0 bridgehead atoms. The third kappa shape index (κ3) is 5.97. The molecule has 0 radical (unpaired) electrons. The van der Waals surface area contributed by atoms with Crippen molar-refractivity contribution < 1.29 is 14.9 Å². The molecule has 16 heavy (non-hydrogen) atoms. The van der Waals surface area contributed by atoms with Crippen LogP contribution < -0.4 is 0 Å². The van der Waals surface area contributed by atoms with E-state index in [1.807, 2.05) is 13.8 Å². The Morgan fingerprint density at radius 3 is 2.44 bits per heavy atom. The predicted molar refractivity (Wildman–Crippen MR) is 60.5 cm³/mol. The van der Waals surface area contributed by atoms with Crippen LogP contribution in [0, 0.1) is 11.1 Å². The number of alkyl halides is 1. The fourth-order valence-corrected chi connectivity index (χ4v) is 1.23. The zero-order valence-corrected chi connectivity index (χ0v) is 10.9. The van der Waals surface area contributed by atoms with Gasteiger partial charge in [0.25, 0.3) is 0 Å². The third-order valence-electron chi connectivity index (χ3n) is 2.01. The normalized spacial score (nSPS) is 16.1. The van der Waals surface area contributed by atoms with E-state index in [1.54, 1.807) is 14.0 Å². The summed E-state index contributed by atoms with van der Waals surface area (Å²) >= 11 is 5.47. The number of aliphatic hydroxyl groups excluding tert-OH is 1. The molecule has 7 heteroatoms. The molecule has 0 aromatic rings. The largest absolute Gasteiger partial charge is 0.569 e. The van der Waals surface area contributed by atoms with E-state index in [1.165, 1.54) is 5.01 Å². The molecular formula is C9H20ClN3O3. The zero-order valence-electron chi connectivity index (χ0n) is 10.1. The maximum absolute atomic E-state index is 11.4. The van der Waals surface area contributed by atoms with Gasteiger partial charge in [-0.2, -0.15) is 0 Å². The summed E-state index contributed by atoms with van der Waals surface area (Å²) in [5.74, 6) is 0.376. The number of rotatable bonds is 7. The number of halogens is 1. The van der Waals surface area contributed by atoms with E-state index < -0.39 is 5.56 Å². The zero-order chi connectivity index (χ0) is 12.7. The van der Waals surface area contributed by atoms with Gasteiger partial charge in [-0.3, -0.25) is 0 Å². The molecule has 0 aliphatic heterocycles. The average Bonchev–Trinajstić information content (AvgIpc) is 2.21. The van der Waals surface area contributed by atoms with Crippen molar-refractivity contribution in [3.05, 3.63) is 5.21 Å². The van der Waals surface area contributed by atoms with Crippen LogP contribution in [-0.4, -0.2) is 40.3 Å². The number of hydrogen-bond donors (Lipinski definition) is 1. The van der Waals surface area contributed by atoms with Crippen molar-refractivity contribution in [3.8, 4) is 0 Å². The minimum absolute atomic E-state index is 0.112. The summed E-state index contributed by atoms with van der Waals surface area (Å²) in [4.78, 5) is 4.90. The third-order valence-corrected chi connectivity index (χ3v) is 2.09. The summed E-state index contributed by atoms with van der Waals surface area (Å²) in [5.41, 5.74) is -0.664. The van der Waals surface area contributed by atoms with Gasteiger partial charge >= 0.3 is 0 Å². The summed E-state index contributed by atoms with van der Waals surface area (Å²) < 4.78 is 0. The molecule has 6 nitrogen and oxygen atoms in total. The number of nitrogens with zero attached hydrogens (tertiary/aromatic N) is 3. The molecule has 0 aliphatic rings. The molecule has 0 amide bonds. The number of hydrazine groups is 1. The maximum Gasteiger partial charge on any atom is 0.234 e. The van der Waals surface area contributed by atoms with Gasteiger partial charge in [-0.05, 0) is 19.3 Å². The Bertz CT molecular complexity index is 224. The first-order valence-electron chi connectivity index (χ1n) is 5.20. The monoisotopic (exact) mass is 253 g/mol. The molecule has 0 aliphatic carbocycles. The van der Waals surface area contributed by atoms with Crippen molar-refractivity contribution in [1.82, 2.24) is 5.01 Å². The molecule has 96 valence electrons. The molecule has 0 rings (SSSR count). The van der Waals surface area contributed by atoms with Crippen molar-refractivity contribution in [2.75, 3.05) is 13.7 Å². The Balaban J connectivity index is 4.36. The standard InChI is InChI=1S/C9H20ClN3O3/c1-7(2)5-9(6-14)12(4)13(15)11-16-8(3)10/h7-9,14H,5-6H2,1-4H3/b13-11-/t8?,9-/m0/s1. The van der Waals surface area contributed by atoms with Crippen LogP contribution >= 0.6 is 11.6 Å². The maximum atomic E-state index is 11.4. The molecule has 2 atom stereocenters. The van der Waals surface area contributed by atoms with Crippen LogP contribution in [0.3, 0.4) is 0 Å². The first kappa shape index (κ1) is 15.2. The minimum atomic E-state index is -0.664. The molecule has 0 fully saturated rings. The Hall–Kier alpha value is -0.750. The highest BCUT2D eigenvalue weighted by Crippen LogP contribution is 2.10. The lowest BCUT2D eigenvalue weighted by molar-refractivity contribution is -0.714. The second kappa shape index (κ2) is 7.51. The van der Waals surface area contributed by atoms with Crippen LogP contribution in [0.1, 0.15) is 27.2 Å². The van der Waals surface area contributed by atoms with Gasteiger partial charge in [-0.1, -0.05) is 25.4 Å². The summed E-state index contributed by atoms with van der Waals surface area (Å²) in [6, 6.07) is -0.282. The number of aliphatic hydroxyl groups is 1. The van der Waals surface area contributed by atoms with Gasteiger partial charge in [0.05, 0.1) is 18.6 Å². The van der Waals surface area contributed by atoms with Crippen molar-refractivity contribution in [2.24, 2.45) is 11.2 Å². The molecule has 0 spiro atoms. The summed E-state index contributed by atoms with van der Waals surface area (Å²) in [6.45, 7) is 5.47. The Labute approximate surface area is 101 Å². The SMILES string of the molecule is CC(C)C[C@@H](CO)N(C)/[N+]([O-])=N/OC(C)Cl. The fraction of sp³-hybridized carbons (Fsp3) is 1.00.